The molecule has 0 atom stereocenters. The molecule has 1 aromatic rings. The van der Waals surface area contributed by atoms with Gasteiger partial charge in [-0.3, -0.25) is 4.79 Å². The van der Waals surface area contributed by atoms with E-state index >= 15 is 0 Å². The van der Waals surface area contributed by atoms with Crippen LogP contribution in [0.2, 0.25) is 0 Å². The van der Waals surface area contributed by atoms with E-state index in [1.807, 2.05) is 39.0 Å². The predicted molar refractivity (Wildman–Crippen MR) is 81.1 cm³/mol. The Morgan fingerprint density at radius 3 is 2.81 bits per heavy atom. The number of hydrogen-bond acceptors (Lipinski definition) is 4. The molecule has 0 saturated carbocycles. The summed E-state index contributed by atoms with van der Waals surface area (Å²) in [5.41, 5.74) is 2.34. The van der Waals surface area contributed by atoms with E-state index in [4.69, 9.17) is 9.94 Å². The lowest BCUT2D eigenvalue weighted by atomic mass is 9.89. The van der Waals surface area contributed by atoms with Gasteiger partial charge in [0.2, 0.25) is 0 Å². The van der Waals surface area contributed by atoms with Crippen molar-refractivity contribution in [2.75, 3.05) is 6.61 Å². The topological polar surface area (TPSA) is 70.9 Å². The largest absolute Gasteiger partial charge is 0.483 e. The Morgan fingerprint density at radius 2 is 2.14 bits per heavy atom. The zero-order valence-electron chi connectivity index (χ0n) is 12.8. The van der Waals surface area contributed by atoms with Gasteiger partial charge in [0, 0.05) is 16.7 Å². The SMILES string of the molecule is CC(C)(C)NC(=O)COc1cccc2c1CCCC2=NO. The molecule has 0 radical (unpaired) electrons. The first kappa shape index (κ1) is 15.4. The fourth-order valence-corrected chi connectivity index (χ4v) is 2.50. The molecule has 0 bridgehead atoms. The minimum atomic E-state index is -0.271. The zero-order chi connectivity index (χ0) is 15.5. The summed E-state index contributed by atoms with van der Waals surface area (Å²) in [5.74, 6) is 0.546. The van der Waals surface area contributed by atoms with Crippen molar-refractivity contribution in [1.82, 2.24) is 5.32 Å². The van der Waals surface area contributed by atoms with Crippen molar-refractivity contribution >= 4 is 11.6 Å². The standard InChI is InChI=1S/C16H22N2O3/c1-16(2,3)17-15(19)10-21-14-9-5-6-11-12(14)7-4-8-13(11)18-20/h5-6,9,20H,4,7-8,10H2,1-3H3,(H,17,19). The summed E-state index contributed by atoms with van der Waals surface area (Å²) in [4.78, 5) is 11.8. The van der Waals surface area contributed by atoms with Crippen molar-refractivity contribution in [1.29, 1.82) is 0 Å². The minimum Gasteiger partial charge on any atom is -0.483 e. The molecular weight excluding hydrogens is 268 g/mol. The molecule has 0 spiro atoms. The lowest BCUT2D eigenvalue weighted by molar-refractivity contribution is -0.124. The Hall–Kier alpha value is -2.04. The Kier molecular flexibility index (Phi) is 4.50. The molecule has 0 aromatic heterocycles. The summed E-state index contributed by atoms with van der Waals surface area (Å²) in [6.45, 7) is 5.77. The number of carbonyl (C=O) groups excluding carboxylic acids is 1. The second kappa shape index (κ2) is 6.16. The number of fused-ring (bicyclic) bond motifs is 1. The highest BCUT2D eigenvalue weighted by Crippen LogP contribution is 2.29. The quantitative estimate of drug-likeness (QED) is 0.663. The zero-order valence-corrected chi connectivity index (χ0v) is 12.8. The monoisotopic (exact) mass is 290 g/mol. The Balaban J connectivity index is 2.10. The molecule has 0 saturated heterocycles. The Bertz CT molecular complexity index is 559. The van der Waals surface area contributed by atoms with Crippen LogP contribution in [0.1, 0.15) is 44.7 Å². The van der Waals surface area contributed by atoms with Crippen LogP contribution >= 0.6 is 0 Å². The first-order valence-corrected chi connectivity index (χ1v) is 7.18. The highest BCUT2D eigenvalue weighted by molar-refractivity contribution is 6.02. The lowest BCUT2D eigenvalue weighted by Crippen LogP contribution is -2.43. The molecule has 21 heavy (non-hydrogen) atoms. The van der Waals surface area contributed by atoms with Crippen molar-refractivity contribution in [2.24, 2.45) is 5.16 Å². The molecule has 0 aliphatic heterocycles. The first-order valence-electron chi connectivity index (χ1n) is 7.18. The molecule has 5 heteroatoms. The molecule has 0 fully saturated rings. The minimum absolute atomic E-state index is 0.0146. The number of amides is 1. The average molecular weight is 290 g/mol. The van der Waals surface area contributed by atoms with Gasteiger partial charge in [0.25, 0.3) is 5.91 Å². The van der Waals surface area contributed by atoms with Gasteiger partial charge >= 0.3 is 0 Å². The van der Waals surface area contributed by atoms with Crippen molar-refractivity contribution < 1.29 is 14.7 Å². The maximum atomic E-state index is 11.8. The van der Waals surface area contributed by atoms with Gasteiger partial charge in [0.05, 0.1) is 5.71 Å². The second-order valence-corrected chi connectivity index (χ2v) is 6.27. The van der Waals surface area contributed by atoms with Crippen LogP contribution in [0.15, 0.2) is 23.4 Å². The van der Waals surface area contributed by atoms with E-state index in [9.17, 15) is 4.79 Å². The number of carbonyl (C=O) groups is 1. The van der Waals surface area contributed by atoms with Gasteiger partial charge < -0.3 is 15.3 Å². The van der Waals surface area contributed by atoms with Crippen molar-refractivity contribution in [3.8, 4) is 5.75 Å². The van der Waals surface area contributed by atoms with Crippen LogP contribution in [0.5, 0.6) is 5.75 Å². The van der Waals surface area contributed by atoms with Crippen molar-refractivity contribution in [3.05, 3.63) is 29.3 Å². The Morgan fingerprint density at radius 1 is 1.38 bits per heavy atom. The van der Waals surface area contributed by atoms with Crippen LogP contribution < -0.4 is 10.1 Å². The number of ether oxygens (including phenoxy) is 1. The predicted octanol–water partition coefficient (Wildman–Crippen LogP) is 2.49. The van der Waals surface area contributed by atoms with Crippen LogP contribution in [0.4, 0.5) is 0 Å². The summed E-state index contributed by atoms with van der Waals surface area (Å²) in [7, 11) is 0. The van der Waals surface area contributed by atoms with Crippen LogP contribution in [0.3, 0.4) is 0 Å². The van der Waals surface area contributed by atoms with E-state index in [2.05, 4.69) is 10.5 Å². The highest BCUT2D eigenvalue weighted by Gasteiger charge is 2.20. The number of hydrogen-bond donors (Lipinski definition) is 2. The van der Waals surface area contributed by atoms with Crippen LogP contribution in [0, 0.1) is 0 Å². The van der Waals surface area contributed by atoms with Gasteiger partial charge in [-0.2, -0.15) is 0 Å². The maximum Gasteiger partial charge on any atom is 0.258 e. The lowest BCUT2D eigenvalue weighted by Gasteiger charge is -2.22. The van der Waals surface area contributed by atoms with Gasteiger partial charge in [-0.15, -0.1) is 0 Å². The van der Waals surface area contributed by atoms with Gasteiger partial charge in [0.1, 0.15) is 5.75 Å². The fraction of sp³-hybridized carbons (Fsp3) is 0.500. The summed E-state index contributed by atoms with van der Waals surface area (Å²) >= 11 is 0. The molecule has 2 rings (SSSR count). The third-order valence-electron chi connectivity index (χ3n) is 3.28. The third kappa shape index (κ3) is 3.97. The van der Waals surface area contributed by atoms with Crippen LogP contribution in [-0.4, -0.2) is 29.0 Å². The van der Waals surface area contributed by atoms with E-state index < -0.39 is 0 Å². The summed E-state index contributed by atoms with van der Waals surface area (Å²) in [6.07, 6.45) is 2.55. The smallest absolute Gasteiger partial charge is 0.258 e. The molecule has 0 unspecified atom stereocenters. The van der Waals surface area contributed by atoms with E-state index in [1.165, 1.54) is 0 Å². The van der Waals surface area contributed by atoms with E-state index in [-0.39, 0.29) is 18.1 Å². The van der Waals surface area contributed by atoms with Gasteiger partial charge in [-0.25, -0.2) is 0 Å². The Labute approximate surface area is 125 Å². The molecule has 1 aliphatic carbocycles. The number of rotatable bonds is 3. The molecule has 1 aliphatic rings. The number of nitrogens with zero attached hydrogens (tertiary/aromatic N) is 1. The maximum absolute atomic E-state index is 11.8. The van der Waals surface area contributed by atoms with E-state index in [0.29, 0.717) is 11.5 Å². The number of oxime groups is 1. The summed E-state index contributed by atoms with van der Waals surface area (Å²) < 4.78 is 5.66. The highest BCUT2D eigenvalue weighted by atomic mass is 16.5. The first-order chi connectivity index (χ1) is 9.90. The molecule has 5 nitrogen and oxygen atoms in total. The molecule has 114 valence electrons. The third-order valence-corrected chi connectivity index (χ3v) is 3.28. The fourth-order valence-electron chi connectivity index (χ4n) is 2.50. The van der Waals surface area contributed by atoms with Crippen LogP contribution in [-0.2, 0) is 11.2 Å². The summed E-state index contributed by atoms with van der Waals surface area (Å²) in [6, 6.07) is 5.63. The molecule has 1 aromatic carbocycles. The molecular formula is C16H22N2O3. The van der Waals surface area contributed by atoms with Crippen molar-refractivity contribution in [2.45, 2.75) is 45.6 Å². The molecule has 2 N–H and O–H groups in total. The number of nitrogens with one attached hydrogen (secondary N) is 1. The van der Waals surface area contributed by atoms with Gasteiger partial charge in [0.15, 0.2) is 6.61 Å². The van der Waals surface area contributed by atoms with Crippen LogP contribution in [0.25, 0.3) is 0 Å². The molecule has 0 heterocycles. The summed E-state index contributed by atoms with van der Waals surface area (Å²) in [5, 5.41) is 15.3. The second-order valence-electron chi connectivity index (χ2n) is 6.27. The van der Waals surface area contributed by atoms with Gasteiger partial charge in [-0.05, 0) is 46.1 Å². The van der Waals surface area contributed by atoms with Gasteiger partial charge in [-0.1, -0.05) is 17.3 Å². The van der Waals surface area contributed by atoms with E-state index in [1.54, 1.807) is 0 Å². The molecule has 1 amide bonds. The normalized spacial score (nSPS) is 16.4. The average Bonchev–Trinajstić information content (AvgIpc) is 2.42. The van der Waals surface area contributed by atoms with Crippen molar-refractivity contribution in [3.63, 3.8) is 0 Å². The number of benzene rings is 1. The van der Waals surface area contributed by atoms with E-state index in [0.717, 1.165) is 30.4 Å².